The Balaban J connectivity index is 1.86. The first-order valence-electron chi connectivity index (χ1n) is 6.62. The summed E-state index contributed by atoms with van der Waals surface area (Å²) in [6.45, 7) is 0.227. The monoisotopic (exact) mass is 369 g/mol. The number of carbonyl (C=O) groups excluding carboxylic acids is 1. The zero-order valence-corrected chi connectivity index (χ0v) is 14.0. The van der Waals surface area contributed by atoms with Crippen molar-refractivity contribution in [2.75, 3.05) is 11.5 Å². The van der Waals surface area contributed by atoms with Gasteiger partial charge in [-0.3, -0.25) is 9.59 Å². The number of hydrogen-bond acceptors (Lipinski definition) is 7. The Kier molecular flexibility index (Phi) is 5.59. The Bertz CT molecular complexity index is 893. The molecule has 128 valence electrons. The van der Waals surface area contributed by atoms with E-state index in [0.29, 0.717) is 0 Å². The lowest BCUT2D eigenvalue weighted by Crippen LogP contribution is -2.25. The summed E-state index contributed by atoms with van der Waals surface area (Å²) >= 11 is 1.04. The van der Waals surface area contributed by atoms with Crippen LogP contribution in [0.25, 0.3) is 0 Å². The van der Waals surface area contributed by atoms with E-state index < -0.39 is 10.0 Å². The number of nitrogens with zero attached hydrogens (tertiary/aromatic N) is 1. The first-order chi connectivity index (χ1) is 11.2. The van der Waals surface area contributed by atoms with Gasteiger partial charge in [0.25, 0.3) is 5.56 Å². The van der Waals surface area contributed by atoms with E-state index in [9.17, 15) is 18.0 Å². The van der Waals surface area contributed by atoms with Crippen molar-refractivity contribution in [2.24, 2.45) is 5.14 Å². The van der Waals surface area contributed by atoms with Crippen molar-refractivity contribution in [1.29, 1.82) is 0 Å². The van der Waals surface area contributed by atoms with Crippen LogP contribution in [0.4, 0.5) is 5.82 Å². The van der Waals surface area contributed by atoms with Gasteiger partial charge in [0.05, 0.1) is 10.6 Å². The van der Waals surface area contributed by atoms with Gasteiger partial charge >= 0.3 is 0 Å². The number of primary sulfonamides is 1. The Labute approximate surface area is 141 Å². The van der Waals surface area contributed by atoms with E-state index in [1.165, 1.54) is 12.1 Å². The van der Waals surface area contributed by atoms with Gasteiger partial charge in [0.15, 0.2) is 5.16 Å². The van der Waals surface area contributed by atoms with Gasteiger partial charge in [-0.25, -0.2) is 18.5 Å². The molecule has 0 aliphatic rings. The van der Waals surface area contributed by atoms with Crippen molar-refractivity contribution in [3.8, 4) is 0 Å². The van der Waals surface area contributed by atoms with Crippen molar-refractivity contribution >= 4 is 33.5 Å². The molecule has 0 radical (unpaired) electrons. The first kappa shape index (κ1) is 18.0. The van der Waals surface area contributed by atoms with Crippen LogP contribution in [0.5, 0.6) is 0 Å². The van der Waals surface area contributed by atoms with Gasteiger partial charge < -0.3 is 16.0 Å². The second kappa shape index (κ2) is 7.47. The largest absolute Gasteiger partial charge is 0.383 e. The van der Waals surface area contributed by atoms with Crippen molar-refractivity contribution in [1.82, 2.24) is 15.3 Å². The van der Waals surface area contributed by atoms with Gasteiger partial charge in [-0.1, -0.05) is 23.9 Å². The molecule has 1 aromatic carbocycles. The smallest absolute Gasteiger partial charge is 0.253 e. The number of nitrogen functional groups attached to an aromatic ring is 1. The maximum Gasteiger partial charge on any atom is 0.253 e. The fraction of sp³-hybridized carbons (Fsp3) is 0.154. The number of hydrogen-bond donors (Lipinski definition) is 4. The molecule has 0 fully saturated rings. The molecule has 0 spiro atoms. The SMILES string of the molecule is Nc1cc(=O)[nH]c(SCC(=O)NCc2ccc(S(N)(=O)=O)cc2)n1. The van der Waals surface area contributed by atoms with E-state index in [-0.39, 0.29) is 39.6 Å². The van der Waals surface area contributed by atoms with Crippen LogP contribution in [0.2, 0.25) is 0 Å². The number of benzene rings is 1. The zero-order valence-electron chi connectivity index (χ0n) is 12.4. The lowest BCUT2D eigenvalue weighted by Gasteiger charge is -2.06. The van der Waals surface area contributed by atoms with Crippen LogP contribution in [0.3, 0.4) is 0 Å². The van der Waals surface area contributed by atoms with E-state index in [0.717, 1.165) is 23.4 Å². The minimum absolute atomic E-state index is 0.00447. The molecule has 24 heavy (non-hydrogen) atoms. The highest BCUT2D eigenvalue weighted by Crippen LogP contribution is 2.12. The number of nitrogens with two attached hydrogens (primary N) is 2. The fourth-order valence-corrected chi connectivity index (χ4v) is 2.93. The van der Waals surface area contributed by atoms with Crippen LogP contribution in [0.15, 0.2) is 45.2 Å². The van der Waals surface area contributed by atoms with Crippen LogP contribution in [-0.4, -0.2) is 30.0 Å². The molecule has 0 unspecified atom stereocenters. The molecule has 2 rings (SSSR count). The highest BCUT2D eigenvalue weighted by atomic mass is 32.2. The van der Waals surface area contributed by atoms with Crippen molar-refractivity contribution in [3.05, 3.63) is 46.2 Å². The maximum atomic E-state index is 11.8. The minimum atomic E-state index is -3.73. The third kappa shape index (κ3) is 5.37. The Morgan fingerprint density at radius 3 is 2.54 bits per heavy atom. The first-order valence-corrected chi connectivity index (χ1v) is 9.15. The quantitative estimate of drug-likeness (QED) is 0.391. The van der Waals surface area contributed by atoms with Gasteiger partial charge in [0, 0.05) is 12.6 Å². The third-order valence-corrected chi connectivity index (χ3v) is 4.62. The average molecular weight is 369 g/mol. The second-order valence-electron chi connectivity index (χ2n) is 4.73. The average Bonchev–Trinajstić information content (AvgIpc) is 2.49. The standard InChI is InChI=1S/C13H15N5O4S2/c14-10-5-11(19)18-13(17-10)23-7-12(20)16-6-8-1-3-9(4-2-8)24(15,21)22/h1-5H,6-7H2,(H,16,20)(H2,15,21,22)(H3,14,17,18,19). The molecule has 11 heteroatoms. The van der Waals surface area contributed by atoms with Crippen LogP contribution < -0.4 is 21.7 Å². The summed E-state index contributed by atoms with van der Waals surface area (Å²) in [6, 6.07) is 7.00. The summed E-state index contributed by atoms with van der Waals surface area (Å²) in [4.78, 5) is 29.4. The van der Waals surface area contributed by atoms with Gasteiger partial charge in [0.1, 0.15) is 5.82 Å². The predicted octanol–water partition coefficient (Wildman–Crippen LogP) is -0.592. The number of sulfonamides is 1. The van der Waals surface area contributed by atoms with E-state index in [1.807, 2.05) is 0 Å². The fourth-order valence-electron chi connectivity index (χ4n) is 1.70. The summed E-state index contributed by atoms with van der Waals surface area (Å²) in [7, 11) is -3.73. The number of thioether (sulfide) groups is 1. The number of rotatable bonds is 6. The number of anilines is 1. The molecule has 0 saturated carbocycles. The molecule has 0 bridgehead atoms. The summed E-state index contributed by atoms with van der Waals surface area (Å²) in [6.07, 6.45) is 0. The summed E-state index contributed by atoms with van der Waals surface area (Å²) < 4.78 is 22.3. The lowest BCUT2D eigenvalue weighted by atomic mass is 10.2. The van der Waals surface area contributed by atoms with Crippen molar-refractivity contribution < 1.29 is 13.2 Å². The van der Waals surface area contributed by atoms with E-state index in [2.05, 4.69) is 15.3 Å². The lowest BCUT2D eigenvalue weighted by molar-refractivity contribution is -0.118. The zero-order chi connectivity index (χ0) is 17.7. The molecule has 0 aliphatic carbocycles. The van der Waals surface area contributed by atoms with Crippen LogP contribution in [-0.2, 0) is 21.4 Å². The number of aromatic nitrogens is 2. The maximum absolute atomic E-state index is 11.8. The van der Waals surface area contributed by atoms with Crippen molar-refractivity contribution in [3.63, 3.8) is 0 Å². The molecular weight excluding hydrogens is 354 g/mol. The number of H-pyrrole nitrogens is 1. The Morgan fingerprint density at radius 2 is 1.96 bits per heavy atom. The number of aromatic amines is 1. The molecule has 6 N–H and O–H groups in total. The summed E-state index contributed by atoms with van der Waals surface area (Å²) in [5.74, 6) is -0.154. The van der Waals surface area contributed by atoms with Crippen LogP contribution in [0, 0.1) is 0 Å². The number of nitrogens with one attached hydrogen (secondary N) is 2. The molecule has 0 atom stereocenters. The molecule has 0 aliphatic heterocycles. The van der Waals surface area contributed by atoms with Gasteiger partial charge in [-0.15, -0.1) is 0 Å². The molecule has 2 aromatic rings. The van der Waals surface area contributed by atoms with E-state index in [1.54, 1.807) is 12.1 Å². The number of amides is 1. The van der Waals surface area contributed by atoms with Gasteiger partial charge in [-0.05, 0) is 17.7 Å². The highest BCUT2D eigenvalue weighted by molar-refractivity contribution is 7.99. The van der Waals surface area contributed by atoms with Crippen LogP contribution in [0.1, 0.15) is 5.56 Å². The predicted molar refractivity (Wildman–Crippen MR) is 89.7 cm³/mol. The third-order valence-electron chi connectivity index (χ3n) is 2.82. The summed E-state index contributed by atoms with van der Waals surface area (Å²) in [5, 5.41) is 7.93. The summed E-state index contributed by atoms with van der Waals surface area (Å²) in [5.41, 5.74) is 5.78. The van der Waals surface area contributed by atoms with Crippen molar-refractivity contribution in [2.45, 2.75) is 16.6 Å². The molecule has 1 amide bonds. The van der Waals surface area contributed by atoms with E-state index in [4.69, 9.17) is 10.9 Å². The molecule has 1 heterocycles. The Morgan fingerprint density at radius 1 is 1.29 bits per heavy atom. The topological polar surface area (TPSA) is 161 Å². The molecule has 0 saturated heterocycles. The normalized spacial score (nSPS) is 11.2. The number of carbonyl (C=O) groups is 1. The molecule has 1 aromatic heterocycles. The highest BCUT2D eigenvalue weighted by Gasteiger charge is 2.08. The molecular formula is C13H15N5O4S2. The van der Waals surface area contributed by atoms with E-state index >= 15 is 0 Å². The second-order valence-corrected chi connectivity index (χ2v) is 7.26. The molecule has 9 nitrogen and oxygen atoms in total. The minimum Gasteiger partial charge on any atom is -0.383 e. The van der Waals surface area contributed by atoms with Gasteiger partial charge in [0.2, 0.25) is 15.9 Å². The van der Waals surface area contributed by atoms with Gasteiger partial charge in [-0.2, -0.15) is 0 Å². The van der Waals surface area contributed by atoms with Crippen LogP contribution >= 0.6 is 11.8 Å². The Hall–Kier alpha value is -2.37.